The number of anilines is 3. The lowest BCUT2D eigenvalue weighted by atomic mass is 10.1. The monoisotopic (exact) mass is 562 g/mol. The summed E-state index contributed by atoms with van der Waals surface area (Å²) in [7, 11) is 3.67. The quantitative estimate of drug-likeness (QED) is 0.218. The molecule has 1 amide bonds. The van der Waals surface area contributed by atoms with Crippen LogP contribution in [0.1, 0.15) is 12.1 Å². The maximum Gasteiger partial charge on any atom is 0.244 e. The van der Waals surface area contributed by atoms with E-state index in [-0.39, 0.29) is 30.8 Å². The smallest absolute Gasteiger partial charge is 0.244 e. The number of piperazine rings is 1. The van der Waals surface area contributed by atoms with Gasteiger partial charge in [0.05, 0.1) is 24.0 Å². The molecule has 3 aromatic heterocycles. The number of carbonyl (C=O) groups excluding carboxylic acids is 1. The number of benzene rings is 1. The zero-order valence-electron chi connectivity index (χ0n) is 23.2. The van der Waals surface area contributed by atoms with Crippen LogP contribution in [-0.2, 0) is 16.0 Å². The molecule has 0 bridgehead atoms. The number of aliphatic hydroxyl groups excluding tert-OH is 1. The number of hydrogen-bond donors (Lipinski definition) is 4. The topological polar surface area (TPSA) is 132 Å². The van der Waals surface area contributed by atoms with Gasteiger partial charge >= 0.3 is 0 Å². The first-order valence-electron chi connectivity index (χ1n) is 13.6. The number of rotatable bonds is 11. The lowest BCUT2D eigenvalue weighted by Gasteiger charge is -2.36. The van der Waals surface area contributed by atoms with E-state index in [1.54, 1.807) is 25.6 Å². The van der Waals surface area contributed by atoms with E-state index in [1.807, 2.05) is 24.3 Å². The number of nitrogens with zero attached hydrogens (tertiary/aromatic N) is 5. The summed E-state index contributed by atoms with van der Waals surface area (Å²) >= 11 is 0. The summed E-state index contributed by atoms with van der Waals surface area (Å²) in [4.78, 5) is 33.9. The highest BCUT2D eigenvalue weighted by molar-refractivity contribution is 6.06. The molecule has 1 fully saturated rings. The molecular weight excluding hydrogens is 527 g/mol. The standard InChI is InChI=1S/C29H35FN8O3/c1-37-10-12-38(13-11-37)25(18-41-2)28(40)35-24-7-3-6-21-22(16-32-27(21)24)26-23(30)17-33-29(36-26)34-20-8-9-31-19(15-20)5-4-14-39/h3,6-9,15-17,25,32,39H,4-5,10-14,18H2,1-2H3,(H,35,40)(H,31,33,34,36)/t25-/m1/s1. The SMILES string of the molecule is COC[C@H](C(=O)Nc1cccc2c(-c3nc(Nc4ccnc(CCCO)c4)ncc3F)c[nH]c12)N1CCN(C)CC1. The number of hydrogen-bond acceptors (Lipinski definition) is 9. The number of aromatic amines is 1. The van der Waals surface area contributed by atoms with Crippen LogP contribution in [0.4, 0.5) is 21.7 Å². The first-order chi connectivity index (χ1) is 20.0. The van der Waals surface area contributed by atoms with E-state index in [4.69, 9.17) is 9.84 Å². The van der Waals surface area contributed by atoms with Gasteiger partial charge in [-0.25, -0.2) is 14.4 Å². The number of aliphatic hydroxyl groups is 1. The van der Waals surface area contributed by atoms with E-state index in [0.29, 0.717) is 40.7 Å². The Labute approximate surface area is 237 Å². The molecule has 1 aliphatic heterocycles. The van der Waals surface area contributed by atoms with Crippen molar-refractivity contribution in [3.05, 3.63) is 60.4 Å². The van der Waals surface area contributed by atoms with Crippen molar-refractivity contribution in [2.45, 2.75) is 18.9 Å². The molecule has 0 saturated carbocycles. The number of H-pyrrole nitrogens is 1. The average Bonchev–Trinajstić information content (AvgIpc) is 3.41. The molecular formula is C29H35FN8O3. The number of fused-ring (bicyclic) bond motifs is 1. The Morgan fingerprint density at radius 2 is 2.05 bits per heavy atom. The molecule has 0 aliphatic carbocycles. The van der Waals surface area contributed by atoms with E-state index in [9.17, 15) is 4.79 Å². The fourth-order valence-electron chi connectivity index (χ4n) is 5.01. The summed E-state index contributed by atoms with van der Waals surface area (Å²) in [6, 6.07) is 8.68. The van der Waals surface area contributed by atoms with E-state index in [2.05, 4.69) is 47.4 Å². The van der Waals surface area contributed by atoms with Gasteiger partial charge in [-0.2, -0.15) is 0 Å². The number of carbonyl (C=O) groups is 1. The van der Waals surface area contributed by atoms with Crippen molar-refractivity contribution in [2.24, 2.45) is 0 Å². The Kier molecular flexibility index (Phi) is 9.14. The lowest BCUT2D eigenvalue weighted by Crippen LogP contribution is -2.54. The minimum Gasteiger partial charge on any atom is -0.396 e. The molecule has 0 radical (unpaired) electrons. The second-order valence-corrected chi connectivity index (χ2v) is 10.1. The molecule has 0 spiro atoms. The van der Waals surface area contributed by atoms with Crippen LogP contribution in [0.5, 0.6) is 0 Å². The second-order valence-electron chi connectivity index (χ2n) is 10.1. The van der Waals surface area contributed by atoms with Crippen LogP contribution < -0.4 is 10.6 Å². The van der Waals surface area contributed by atoms with Gasteiger partial charge in [0.15, 0.2) is 5.82 Å². The number of aromatic nitrogens is 4. The number of aryl methyl sites for hydroxylation is 1. The van der Waals surface area contributed by atoms with Crippen LogP contribution in [0.25, 0.3) is 22.2 Å². The first-order valence-corrected chi connectivity index (χ1v) is 13.6. The Morgan fingerprint density at radius 1 is 1.22 bits per heavy atom. The molecule has 4 N–H and O–H groups in total. The molecule has 0 unspecified atom stereocenters. The van der Waals surface area contributed by atoms with Gasteiger partial charge < -0.3 is 30.4 Å². The van der Waals surface area contributed by atoms with Gasteiger partial charge in [0, 0.05) is 74.6 Å². The molecule has 1 aromatic carbocycles. The number of ether oxygens (including phenoxy) is 1. The van der Waals surface area contributed by atoms with Gasteiger partial charge in [-0.15, -0.1) is 0 Å². The number of likely N-dealkylation sites (N-methyl/N-ethyl adjacent to an activating group) is 1. The fourth-order valence-corrected chi connectivity index (χ4v) is 5.01. The van der Waals surface area contributed by atoms with E-state index in [0.717, 1.165) is 38.1 Å². The molecule has 1 atom stereocenters. The van der Waals surface area contributed by atoms with Gasteiger partial charge in [-0.1, -0.05) is 12.1 Å². The maximum absolute atomic E-state index is 15.0. The van der Waals surface area contributed by atoms with Crippen LogP contribution in [0.15, 0.2) is 48.9 Å². The van der Waals surface area contributed by atoms with Crippen molar-refractivity contribution in [1.29, 1.82) is 0 Å². The second kappa shape index (κ2) is 13.1. The molecule has 216 valence electrons. The van der Waals surface area contributed by atoms with E-state index < -0.39 is 11.9 Å². The van der Waals surface area contributed by atoms with Crippen molar-refractivity contribution in [1.82, 2.24) is 29.7 Å². The van der Waals surface area contributed by atoms with Crippen LogP contribution in [0.2, 0.25) is 0 Å². The number of nitrogens with one attached hydrogen (secondary N) is 3. The third-order valence-electron chi connectivity index (χ3n) is 7.24. The van der Waals surface area contributed by atoms with E-state index >= 15 is 4.39 Å². The van der Waals surface area contributed by atoms with Crippen molar-refractivity contribution in [3.63, 3.8) is 0 Å². The minimum atomic E-state index is -0.570. The lowest BCUT2D eigenvalue weighted by molar-refractivity contribution is -0.124. The highest BCUT2D eigenvalue weighted by Crippen LogP contribution is 2.33. The number of halogens is 1. The van der Waals surface area contributed by atoms with Crippen molar-refractivity contribution < 1.29 is 19.0 Å². The largest absolute Gasteiger partial charge is 0.396 e. The van der Waals surface area contributed by atoms with Crippen LogP contribution in [0.3, 0.4) is 0 Å². The van der Waals surface area contributed by atoms with Crippen LogP contribution in [0, 0.1) is 5.82 Å². The Balaban J connectivity index is 1.38. The van der Waals surface area contributed by atoms with Gasteiger partial charge in [0.25, 0.3) is 0 Å². The third kappa shape index (κ3) is 6.68. The number of pyridine rings is 1. The normalized spacial score (nSPS) is 15.2. The molecule has 1 saturated heterocycles. The molecule has 4 heterocycles. The summed E-state index contributed by atoms with van der Waals surface area (Å²) < 4.78 is 20.4. The zero-order valence-corrected chi connectivity index (χ0v) is 23.2. The van der Waals surface area contributed by atoms with Crippen LogP contribution in [-0.4, -0.2) is 100 Å². The van der Waals surface area contributed by atoms with Gasteiger partial charge in [-0.3, -0.25) is 14.7 Å². The average molecular weight is 563 g/mol. The summed E-state index contributed by atoms with van der Waals surface area (Å²) in [5.41, 5.74) is 3.46. The predicted octanol–water partition coefficient (Wildman–Crippen LogP) is 3.03. The molecule has 5 rings (SSSR count). The summed E-state index contributed by atoms with van der Waals surface area (Å²) in [5.74, 6) is -0.496. The fraction of sp³-hybridized carbons (Fsp3) is 0.379. The Morgan fingerprint density at radius 3 is 2.83 bits per heavy atom. The summed E-state index contributed by atoms with van der Waals surface area (Å²) in [6.07, 6.45) is 5.73. The molecule has 11 nitrogen and oxygen atoms in total. The number of para-hydroxylation sites is 1. The van der Waals surface area contributed by atoms with Crippen molar-refractivity contribution in [2.75, 3.05) is 64.2 Å². The van der Waals surface area contributed by atoms with Crippen molar-refractivity contribution >= 4 is 34.1 Å². The van der Waals surface area contributed by atoms with Gasteiger partial charge in [0.1, 0.15) is 11.7 Å². The highest BCUT2D eigenvalue weighted by Gasteiger charge is 2.29. The van der Waals surface area contributed by atoms with Crippen molar-refractivity contribution in [3.8, 4) is 11.3 Å². The zero-order chi connectivity index (χ0) is 28.8. The number of methoxy groups -OCH3 is 1. The van der Waals surface area contributed by atoms with Crippen LogP contribution >= 0.6 is 0 Å². The number of amides is 1. The molecule has 4 aromatic rings. The Hall–Kier alpha value is -3.97. The predicted molar refractivity (Wildman–Crippen MR) is 156 cm³/mol. The maximum atomic E-state index is 15.0. The Bertz CT molecular complexity index is 1490. The molecule has 41 heavy (non-hydrogen) atoms. The summed E-state index contributed by atoms with van der Waals surface area (Å²) in [6.45, 7) is 3.70. The molecule has 12 heteroatoms. The highest BCUT2D eigenvalue weighted by atomic mass is 19.1. The first kappa shape index (κ1) is 28.6. The minimum absolute atomic E-state index is 0.0871. The van der Waals surface area contributed by atoms with E-state index in [1.165, 1.54) is 0 Å². The molecule has 1 aliphatic rings. The van der Waals surface area contributed by atoms with Gasteiger partial charge in [0.2, 0.25) is 11.9 Å². The van der Waals surface area contributed by atoms with Gasteiger partial charge in [-0.05, 0) is 38.1 Å². The summed E-state index contributed by atoms with van der Waals surface area (Å²) in [5, 5.41) is 16.0. The third-order valence-corrected chi connectivity index (χ3v) is 7.24.